The van der Waals surface area contributed by atoms with Crippen molar-refractivity contribution < 1.29 is 14.3 Å². The molecule has 4 rings (SSSR count). The van der Waals surface area contributed by atoms with E-state index in [-0.39, 0.29) is 24.9 Å². The Bertz CT molecular complexity index is 1060. The van der Waals surface area contributed by atoms with Crippen LogP contribution in [0.25, 0.3) is 5.69 Å². The number of nitriles is 1. The molecular formula is C18H15N5O3. The highest BCUT2D eigenvalue weighted by Crippen LogP contribution is 2.34. The van der Waals surface area contributed by atoms with Crippen LogP contribution in [0.5, 0.6) is 11.5 Å². The molecule has 3 heterocycles. The minimum absolute atomic E-state index is 0.0279. The van der Waals surface area contributed by atoms with Crippen molar-refractivity contribution in [1.82, 2.24) is 19.3 Å². The summed E-state index contributed by atoms with van der Waals surface area (Å²) in [5.41, 5.74) is 3.26. The Balaban J connectivity index is 1.66. The highest BCUT2D eigenvalue weighted by molar-refractivity contribution is 5.97. The van der Waals surface area contributed by atoms with Crippen LogP contribution >= 0.6 is 0 Å². The smallest absolute Gasteiger partial charge is 0.252 e. The Hall–Kier alpha value is -3.60. The molecule has 26 heavy (non-hydrogen) atoms. The SMILES string of the molecule is Cc1cc(C(=O)Cn2cnc(C#N)n2)c(C)n1-c1ccc2c(c1)OCO2. The van der Waals surface area contributed by atoms with E-state index in [0.29, 0.717) is 17.1 Å². The maximum Gasteiger partial charge on any atom is 0.252 e. The van der Waals surface area contributed by atoms with Crippen molar-refractivity contribution in [2.45, 2.75) is 20.4 Å². The number of carbonyl (C=O) groups is 1. The van der Waals surface area contributed by atoms with Crippen molar-refractivity contribution in [3.8, 4) is 23.3 Å². The summed E-state index contributed by atoms with van der Waals surface area (Å²) in [4.78, 5) is 16.5. The molecule has 0 saturated carbocycles. The number of carbonyl (C=O) groups excluding carboxylic acids is 1. The summed E-state index contributed by atoms with van der Waals surface area (Å²) < 4.78 is 14.2. The molecule has 0 aliphatic carbocycles. The summed E-state index contributed by atoms with van der Waals surface area (Å²) in [7, 11) is 0. The van der Waals surface area contributed by atoms with Crippen LogP contribution < -0.4 is 9.47 Å². The lowest BCUT2D eigenvalue weighted by Gasteiger charge is -2.10. The standard InChI is InChI=1S/C18H15N5O3/c1-11-5-14(15(24)8-22-9-20-18(7-19)21-22)12(2)23(11)13-3-4-16-17(6-13)26-10-25-16/h3-6,9H,8,10H2,1-2H3. The average molecular weight is 349 g/mol. The number of ether oxygens (including phenoxy) is 2. The van der Waals surface area contributed by atoms with E-state index in [1.54, 1.807) is 0 Å². The van der Waals surface area contributed by atoms with Gasteiger partial charge in [-0.3, -0.25) is 4.79 Å². The molecule has 1 aliphatic rings. The predicted molar refractivity (Wildman–Crippen MR) is 90.4 cm³/mol. The Labute approximate surface area is 149 Å². The van der Waals surface area contributed by atoms with Gasteiger partial charge in [-0.1, -0.05) is 0 Å². The first kappa shape index (κ1) is 15.9. The van der Waals surface area contributed by atoms with E-state index in [9.17, 15) is 4.79 Å². The summed E-state index contributed by atoms with van der Waals surface area (Å²) >= 11 is 0. The Kier molecular flexibility index (Phi) is 3.69. The summed E-state index contributed by atoms with van der Waals surface area (Å²) in [6, 6.07) is 9.38. The molecule has 0 fully saturated rings. The third-order valence-electron chi connectivity index (χ3n) is 4.29. The number of benzene rings is 1. The highest BCUT2D eigenvalue weighted by Gasteiger charge is 2.20. The van der Waals surface area contributed by atoms with Crippen LogP contribution in [0, 0.1) is 25.2 Å². The van der Waals surface area contributed by atoms with Crippen molar-refractivity contribution in [1.29, 1.82) is 5.26 Å². The lowest BCUT2D eigenvalue weighted by molar-refractivity contribution is 0.0967. The van der Waals surface area contributed by atoms with E-state index in [2.05, 4.69) is 10.1 Å². The van der Waals surface area contributed by atoms with E-state index >= 15 is 0 Å². The van der Waals surface area contributed by atoms with Gasteiger partial charge in [0.05, 0.1) is 0 Å². The summed E-state index contributed by atoms with van der Waals surface area (Å²) in [5.74, 6) is 1.35. The maximum atomic E-state index is 12.7. The van der Waals surface area contributed by atoms with Crippen molar-refractivity contribution in [3.05, 3.63) is 53.4 Å². The molecule has 0 atom stereocenters. The number of aryl methyl sites for hydroxylation is 1. The lowest BCUT2D eigenvalue weighted by Crippen LogP contribution is -2.12. The van der Waals surface area contributed by atoms with Crippen LogP contribution in [0.1, 0.15) is 27.6 Å². The number of rotatable bonds is 4. The second-order valence-corrected chi connectivity index (χ2v) is 5.96. The van der Waals surface area contributed by atoms with Gasteiger partial charge in [0.1, 0.15) is 18.9 Å². The molecule has 1 aliphatic heterocycles. The van der Waals surface area contributed by atoms with Crippen molar-refractivity contribution in [2.24, 2.45) is 0 Å². The van der Waals surface area contributed by atoms with Crippen LogP contribution in [0.2, 0.25) is 0 Å². The summed E-state index contributed by atoms with van der Waals surface area (Å²) in [5, 5.41) is 12.7. The summed E-state index contributed by atoms with van der Waals surface area (Å²) in [6.07, 6.45) is 1.38. The first-order valence-corrected chi connectivity index (χ1v) is 7.98. The third-order valence-corrected chi connectivity index (χ3v) is 4.29. The molecular weight excluding hydrogens is 334 g/mol. The molecule has 3 aromatic rings. The fourth-order valence-electron chi connectivity index (χ4n) is 3.12. The molecule has 1 aromatic carbocycles. The van der Waals surface area contributed by atoms with E-state index in [4.69, 9.17) is 14.7 Å². The third kappa shape index (κ3) is 2.59. The van der Waals surface area contributed by atoms with E-state index < -0.39 is 0 Å². The number of nitrogens with zero attached hydrogens (tertiary/aromatic N) is 5. The normalized spacial score (nSPS) is 12.2. The maximum absolute atomic E-state index is 12.7. The number of ketones is 1. The minimum Gasteiger partial charge on any atom is -0.454 e. The van der Waals surface area contributed by atoms with Gasteiger partial charge in [0.25, 0.3) is 5.82 Å². The molecule has 0 amide bonds. The number of fused-ring (bicyclic) bond motifs is 1. The second kappa shape index (κ2) is 6.04. The van der Waals surface area contributed by atoms with Gasteiger partial charge < -0.3 is 14.0 Å². The quantitative estimate of drug-likeness (QED) is 0.670. The Morgan fingerprint density at radius 2 is 2.08 bits per heavy atom. The zero-order valence-electron chi connectivity index (χ0n) is 14.3. The first-order valence-electron chi connectivity index (χ1n) is 7.98. The number of hydrogen-bond acceptors (Lipinski definition) is 6. The van der Waals surface area contributed by atoms with Gasteiger partial charge in [-0.2, -0.15) is 5.26 Å². The van der Waals surface area contributed by atoms with E-state index in [0.717, 1.165) is 17.1 Å². The monoisotopic (exact) mass is 349 g/mol. The zero-order chi connectivity index (χ0) is 18.3. The van der Waals surface area contributed by atoms with Gasteiger partial charge in [-0.15, -0.1) is 5.10 Å². The fourth-order valence-corrected chi connectivity index (χ4v) is 3.12. The van der Waals surface area contributed by atoms with Crippen LogP contribution in [-0.2, 0) is 6.54 Å². The molecule has 130 valence electrons. The van der Waals surface area contributed by atoms with Crippen LogP contribution in [0.4, 0.5) is 0 Å². The molecule has 0 N–H and O–H groups in total. The van der Waals surface area contributed by atoms with Gasteiger partial charge in [-0.25, -0.2) is 9.67 Å². The van der Waals surface area contributed by atoms with E-state index in [1.165, 1.54) is 11.0 Å². The lowest BCUT2D eigenvalue weighted by atomic mass is 10.1. The number of aromatic nitrogens is 4. The van der Waals surface area contributed by atoms with Crippen molar-refractivity contribution in [3.63, 3.8) is 0 Å². The van der Waals surface area contributed by atoms with Gasteiger partial charge >= 0.3 is 0 Å². The van der Waals surface area contributed by atoms with Crippen molar-refractivity contribution in [2.75, 3.05) is 6.79 Å². The van der Waals surface area contributed by atoms with Crippen LogP contribution in [-0.4, -0.2) is 31.9 Å². The van der Waals surface area contributed by atoms with Crippen LogP contribution in [0.3, 0.4) is 0 Å². The van der Waals surface area contributed by atoms with E-state index in [1.807, 2.05) is 48.7 Å². The average Bonchev–Trinajstić information content (AvgIpc) is 3.33. The molecule has 0 spiro atoms. The molecule has 2 aromatic heterocycles. The largest absolute Gasteiger partial charge is 0.454 e. The molecule has 8 nitrogen and oxygen atoms in total. The Morgan fingerprint density at radius 3 is 2.85 bits per heavy atom. The molecule has 0 saturated heterocycles. The molecule has 0 unspecified atom stereocenters. The topological polar surface area (TPSA) is 95.0 Å². The second-order valence-electron chi connectivity index (χ2n) is 5.96. The Morgan fingerprint density at radius 1 is 1.27 bits per heavy atom. The van der Waals surface area contributed by atoms with Gasteiger partial charge in [-0.05, 0) is 32.0 Å². The minimum atomic E-state index is -0.0977. The number of hydrogen-bond donors (Lipinski definition) is 0. The molecule has 0 bridgehead atoms. The summed E-state index contributed by atoms with van der Waals surface area (Å²) in [6.45, 7) is 4.08. The zero-order valence-corrected chi connectivity index (χ0v) is 14.3. The van der Waals surface area contributed by atoms with Gasteiger partial charge in [0.15, 0.2) is 17.3 Å². The predicted octanol–water partition coefficient (Wildman–Crippen LogP) is 2.17. The number of Topliss-reactive ketones (excluding diaryl/α,β-unsaturated/α-hetero) is 1. The van der Waals surface area contributed by atoms with Gasteiger partial charge in [0.2, 0.25) is 6.79 Å². The molecule has 8 heteroatoms. The van der Waals surface area contributed by atoms with Gasteiger partial charge in [0, 0.05) is 28.7 Å². The highest BCUT2D eigenvalue weighted by atomic mass is 16.7. The fraction of sp³-hybridized carbons (Fsp3) is 0.222. The van der Waals surface area contributed by atoms with Crippen molar-refractivity contribution >= 4 is 5.78 Å². The molecule has 0 radical (unpaired) electrons. The first-order chi connectivity index (χ1) is 12.6. The van der Waals surface area contributed by atoms with Crippen LogP contribution in [0.15, 0.2) is 30.6 Å².